The molecule has 2 aromatic rings. The lowest BCUT2D eigenvalue weighted by molar-refractivity contribution is 0.639. The van der Waals surface area contributed by atoms with Gasteiger partial charge in [0.05, 0.1) is 16.6 Å². The molecule has 1 heterocycles. The molecular formula is C12H16N4S. The van der Waals surface area contributed by atoms with Crippen molar-refractivity contribution in [3.05, 3.63) is 46.0 Å². The highest BCUT2D eigenvalue weighted by atomic mass is 32.1. The van der Waals surface area contributed by atoms with E-state index in [1.54, 1.807) is 0 Å². The van der Waals surface area contributed by atoms with Crippen LogP contribution in [0.3, 0.4) is 0 Å². The maximum atomic E-state index is 5.67. The summed E-state index contributed by atoms with van der Waals surface area (Å²) in [5.74, 6) is 5.67. The van der Waals surface area contributed by atoms with E-state index in [1.165, 1.54) is 17.1 Å². The summed E-state index contributed by atoms with van der Waals surface area (Å²) in [5, 5.41) is 4.12. The fourth-order valence-electron chi connectivity index (χ4n) is 1.85. The van der Waals surface area contributed by atoms with Gasteiger partial charge in [-0.05, 0) is 30.4 Å². The largest absolute Gasteiger partial charge is 0.271 e. The standard InChI is InChI=1S/C12H16N4S/c1-3-10-12(17-16-15-10)11(14-13)9-6-4-5-8(2)7-9/h4-7,11,14H,3,13H2,1-2H3. The fourth-order valence-corrected chi connectivity index (χ4v) is 2.68. The fraction of sp³-hybridized carbons (Fsp3) is 0.333. The molecule has 0 aliphatic rings. The molecule has 90 valence electrons. The molecule has 1 atom stereocenters. The van der Waals surface area contributed by atoms with Crippen LogP contribution in [0, 0.1) is 6.92 Å². The van der Waals surface area contributed by atoms with Gasteiger partial charge < -0.3 is 0 Å². The summed E-state index contributed by atoms with van der Waals surface area (Å²) < 4.78 is 4.01. The number of hydrogen-bond donors (Lipinski definition) is 2. The van der Waals surface area contributed by atoms with Crippen molar-refractivity contribution in [2.45, 2.75) is 26.3 Å². The molecule has 0 amide bonds. The number of benzene rings is 1. The molecule has 0 bridgehead atoms. The van der Waals surface area contributed by atoms with Gasteiger partial charge in [-0.1, -0.05) is 41.2 Å². The zero-order valence-corrected chi connectivity index (χ0v) is 10.8. The third kappa shape index (κ3) is 2.52. The number of aromatic nitrogens is 2. The molecule has 3 N–H and O–H groups in total. The third-order valence-electron chi connectivity index (χ3n) is 2.72. The maximum Gasteiger partial charge on any atom is 0.0837 e. The number of hydrazine groups is 1. The molecular weight excluding hydrogens is 232 g/mol. The Labute approximate surface area is 105 Å². The van der Waals surface area contributed by atoms with E-state index in [-0.39, 0.29) is 6.04 Å². The molecule has 0 spiro atoms. The van der Waals surface area contributed by atoms with Crippen LogP contribution in [0.5, 0.6) is 0 Å². The third-order valence-corrected chi connectivity index (χ3v) is 3.56. The average molecular weight is 248 g/mol. The van der Waals surface area contributed by atoms with Gasteiger partial charge in [-0.25, -0.2) is 5.43 Å². The number of nitrogens with one attached hydrogen (secondary N) is 1. The number of nitrogens with zero attached hydrogens (tertiary/aromatic N) is 2. The molecule has 0 aliphatic carbocycles. The molecule has 0 aliphatic heterocycles. The second-order valence-electron chi connectivity index (χ2n) is 3.95. The number of nitrogens with two attached hydrogens (primary N) is 1. The van der Waals surface area contributed by atoms with Crippen LogP contribution < -0.4 is 11.3 Å². The maximum absolute atomic E-state index is 5.67. The lowest BCUT2D eigenvalue weighted by atomic mass is 10.0. The van der Waals surface area contributed by atoms with Crippen molar-refractivity contribution in [3.63, 3.8) is 0 Å². The van der Waals surface area contributed by atoms with Crippen LogP contribution in [0.25, 0.3) is 0 Å². The Morgan fingerprint density at radius 2 is 2.29 bits per heavy atom. The van der Waals surface area contributed by atoms with Crippen molar-refractivity contribution in [2.24, 2.45) is 5.84 Å². The van der Waals surface area contributed by atoms with Gasteiger partial charge >= 0.3 is 0 Å². The Balaban J connectivity index is 2.40. The molecule has 17 heavy (non-hydrogen) atoms. The Morgan fingerprint density at radius 1 is 1.47 bits per heavy atom. The van der Waals surface area contributed by atoms with Crippen molar-refractivity contribution < 1.29 is 0 Å². The van der Waals surface area contributed by atoms with E-state index in [4.69, 9.17) is 5.84 Å². The van der Waals surface area contributed by atoms with Crippen molar-refractivity contribution in [3.8, 4) is 0 Å². The zero-order valence-electron chi connectivity index (χ0n) is 9.97. The highest BCUT2D eigenvalue weighted by molar-refractivity contribution is 7.05. The molecule has 1 unspecified atom stereocenters. The van der Waals surface area contributed by atoms with Gasteiger partial charge in [0.25, 0.3) is 0 Å². The summed E-state index contributed by atoms with van der Waals surface area (Å²) in [6.07, 6.45) is 0.871. The Kier molecular flexibility index (Phi) is 3.83. The predicted molar refractivity (Wildman–Crippen MR) is 69.6 cm³/mol. The molecule has 5 heteroatoms. The molecule has 0 fully saturated rings. The van der Waals surface area contributed by atoms with Gasteiger partial charge in [0.2, 0.25) is 0 Å². The predicted octanol–water partition coefficient (Wildman–Crippen LogP) is 1.96. The Morgan fingerprint density at radius 3 is 2.94 bits per heavy atom. The molecule has 0 radical (unpaired) electrons. The van der Waals surface area contributed by atoms with Gasteiger partial charge in [0, 0.05) is 0 Å². The van der Waals surface area contributed by atoms with Crippen LogP contribution in [0.2, 0.25) is 0 Å². The van der Waals surface area contributed by atoms with Gasteiger partial charge in [-0.15, -0.1) is 5.10 Å². The quantitative estimate of drug-likeness (QED) is 0.641. The first kappa shape index (κ1) is 12.2. The summed E-state index contributed by atoms with van der Waals surface area (Å²) in [6.45, 7) is 4.15. The average Bonchev–Trinajstić information content (AvgIpc) is 2.78. The number of hydrogen-bond acceptors (Lipinski definition) is 5. The normalized spacial score (nSPS) is 12.6. The van der Waals surface area contributed by atoms with Crippen LogP contribution in [0.15, 0.2) is 24.3 Å². The first-order valence-corrected chi connectivity index (χ1v) is 6.37. The number of rotatable bonds is 4. The second-order valence-corrected chi connectivity index (χ2v) is 4.74. The smallest absolute Gasteiger partial charge is 0.0837 e. The highest BCUT2D eigenvalue weighted by Gasteiger charge is 2.19. The van der Waals surface area contributed by atoms with E-state index < -0.39 is 0 Å². The van der Waals surface area contributed by atoms with Gasteiger partial charge in [-0.2, -0.15) is 0 Å². The van der Waals surface area contributed by atoms with Crippen LogP contribution in [0.1, 0.15) is 34.7 Å². The molecule has 1 aromatic carbocycles. The zero-order chi connectivity index (χ0) is 12.3. The van der Waals surface area contributed by atoms with Gasteiger partial charge in [0.15, 0.2) is 0 Å². The van der Waals surface area contributed by atoms with E-state index in [1.807, 2.05) is 6.07 Å². The minimum absolute atomic E-state index is 0.0233. The molecule has 1 aromatic heterocycles. The van der Waals surface area contributed by atoms with Crippen LogP contribution in [-0.4, -0.2) is 9.59 Å². The Hall–Kier alpha value is -1.30. The van der Waals surface area contributed by atoms with Crippen LogP contribution in [0.4, 0.5) is 0 Å². The summed E-state index contributed by atoms with van der Waals surface area (Å²) >= 11 is 1.40. The van der Waals surface area contributed by atoms with Crippen molar-refractivity contribution in [1.29, 1.82) is 0 Å². The first-order valence-electron chi connectivity index (χ1n) is 5.60. The molecule has 0 saturated heterocycles. The van der Waals surface area contributed by atoms with Crippen molar-refractivity contribution >= 4 is 11.5 Å². The SMILES string of the molecule is CCc1nnsc1C(NN)c1cccc(C)c1. The van der Waals surface area contributed by atoms with E-state index >= 15 is 0 Å². The summed E-state index contributed by atoms with van der Waals surface area (Å²) in [6, 6.07) is 8.28. The van der Waals surface area contributed by atoms with E-state index in [0.717, 1.165) is 22.6 Å². The highest BCUT2D eigenvalue weighted by Crippen LogP contribution is 2.27. The van der Waals surface area contributed by atoms with Crippen LogP contribution in [-0.2, 0) is 6.42 Å². The van der Waals surface area contributed by atoms with Crippen LogP contribution >= 0.6 is 11.5 Å². The molecule has 0 saturated carbocycles. The van der Waals surface area contributed by atoms with Gasteiger partial charge in [0.1, 0.15) is 0 Å². The minimum Gasteiger partial charge on any atom is -0.271 e. The minimum atomic E-state index is -0.0233. The van der Waals surface area contributed by atoms with E-state index in [9.17, 15) is 0 Å². The molecule has 4 nitrogen and oxygen atoms in total. The topological polar surface area (TPSA) is 63.8 Å². The summed E-state index contributed by atoms with van der Waals surface area (Å²) in [7, 11) is 0. The Bertz CT molecular complexity index is 495. The first-order chi connectivity index (χ1) is 8.26. The summed E-state index contributed by atoms with van der Waals surface area (Å²) in [5.41, 5.74) is 6.23. The van der Waals surface area contributed by atoms with Crippen molar-refractivity contribution in [2.75, 3.05) is 0 Å². The lowest BCUT2D eigenvalue weighted by Gasteiger charge is -2.15. The van der Waals surface area contributed by atoms with E-state index in [0.29, 0.717) is 0 Å². The lowest BCUT2D eigenvalue weighted by Crippen LogP contribution is -2.29. The number of aryl methyl sites for hydroxylation is 2. The van der Waals surface area contributed by atoms with E-state index in [2.05, 4.69) is 47.1 Å². The summed E-state index contributed by atoms with van der Waals surface area (Å²) in [4.78, 5) is 1.10. The van der Waals surface area contributed by atoms with Crippen molar-refractivity contribution in [1.82, 2.24) is 15.0 Å². The monoisotopic (exact) mass is 248 g/mol. The molecule has 2 rings (SSSR count). The van der Waals surface area contributed by atoms with Gasteiger partial charge in [-0.3, -0.25) is 5.84 Å². The second kappa shape index (κ2) is 5.35.